The summed E-state index contributed by atoms with van der Waals surface area (Å²) < 4.78 is 0.939. The first kappa shape index (κ1) is 15.8. The first-order chi connectivity index (χ1) is 9.56. The summed E-state index contributed by atoms with van der Waals surface area (Å²) in [7, 11) is 0. The highest BCUT2D eigenvalue weighted by Gasteiger charge is 2.27. The number of nitrogens with zero attached hydrogens (tertiary/aromatic N) is 1. The van der Waals surface area contributed by atoms with Gasteiger partial charge in [0, 0.05) is 11.1 Å². The van der Waals surface area contributed by atoms with Crippen LogP contribution in [0.5, 0.6) is 0 Å². The fourth-order valence-electron chi connectivity index (χ4n) is 2.83. The van der Waals surface area contributed by atoms with Gasteiger partial charge in [-0.05, 0) is 43.9 Å². The topological polar surface area (TPSA) is 68.0 Å². The van der Waals surface area contributed by atoms with E-state index in [0.717, 1.165) is 16.6 Å². The number of carbonyl (C=O) groups excluding carboxylic acids is 1. The molecule has 0 saturated carbocycles. The molecular weight excluding hydrogens is 282 g/mol. The number of amides is 1. The molecule has 4 nitrogen and oxygen atoms in total. The Hall–Kier alpha value is -1.62. The number of hydrogen-bond donors (Lipinski definition) is 2. The summed E-state index contributed by atoms with van der Waals surface area (Å²) >= 11 is 1.40. The average Bonchev–Trinajstić information content (AvgIpc) is 2.63. The van der Waals surface area contributed by atoms with Crippen molar-refractivity contribution in [3.63, 3.8) is 0 Å². The molecule has 1 heterocycles. The molecule has 0 atom stereocenters. The fraction of sp³-hybridized carbons (Fsp3) is 0.500. The van der Waals surface area contributed by atoms with Gasteiger partial charge in [-0.1, -0.05) is 32.1 Å². The maximum Gasteiger partial charge on any atom is 0.251 e. The second-order valence-corrected chi connectivity index (χ2v) is 8.37. The van der Waals surface area contributed by atoms with Crippen molar-refractivity contribution in [1.29, 1.82) is 0 Å². The van der Waals surface area contributed by atoms with Gasteiger partial charge >= 0.3 is 0 Å². The number of anilines is 1. The van der Waals surface area contributed by atoms with Crippen LogP contribution in [0.15, 0.2) is 18.2 Å². The van der Waals surface area contributed by atoms with E-state index >= 15 is 0 Å². The minimum absolute atomic E-state index is 0.0573. The quantitative estimate of drug-likeness (QED) is 0.905. The van der Waals surface area contributed by atoms with Crippen LogP contribution in [0.2, 0.25) is 0 Å². The monoisotopic (exact) mass is 305 g/mol. The number of nitrogen functional groups attached to an aromatic ring is 1. The van der Waals surface area contributed by atoms with Crippen molar-refractivity contribution in [2.45, 2.75) is 46.6 Å². The Balaban J connectivity index is 2.18. The van der Waals surface area contributed by atoms with E-state index in [1.807, 2.05) is 12.1 Å². The lowest BCUT2D eigenvalue weighted by molar-refractivity contribution is 0.0891. The Kier molecular flexibility index (Phi) is 3.97. The van der Waals surface area contributed by atoms with Crippen molar-refractivity contribution in [1.82, 2.24) is 10.3 Å². The number of aromatic nitrogens is 1. The summed E-state index contributed by atoms with van der Waals surface area (Å²) in [4.78, 5) is 16.6. The van der Waals surface area contributed by atoms with Gasteiger partial charge in [-0.15, -0.1) is 0 Å². The summed E-state index contributed by atoms with van der Waals surface area (Å²) in [6, 6.07) is 5.49. The molecule has 0 aliphatic heterocycles. The lowest BCUT2D eigenvalue weighted by Gasteiger charge is -2.33. The molecule has 0 spiro atoms. The van der Waals surface area contributed by atoms with Crippen molar-refractivity contribution in [2.24, 2.45) is 5.41 Å². The van der Waals surface area contributed by atoms with Gasteiger partial charge in [-0.2, -0.15) is 0 Å². The van der Waals surface area contributed by atoms with Gasteiger partial charge in [-0.3, -0.25) is 4.79 Å². The molecule has 3 N–H and O–H groups in total. The maximum atomic E-state index is 12.4. The minimum Gasteiger partial charge on any atom is -0.375 e. The number of thiazole rings is 1. The standard InChI is InChI=1S/C16H23N3OS/c1-15(2,3)9-16(4,5)19-13(20)10-6-7-11-12(8-10)21-14(17)18-11/h6-8H,9H2,1-5H3,(H2,17,18)(H,19,20). The zero-order chi connectivity index (χ0) is 15.8. The van der Waals surface area contributed by atoms with Crippen LogP contribution in [0, 0.1) is 5.41 Å². The molecule has 0 aliphatic carbocycles. The number of nitrogens with two attached hydrogens (primary N) is 1. The van der Waals surface area contributed by atoms with E-state index in [2.05, 4.69) is 44.9 Å². The van der Waals surface area contributed by atoms with Crippen molar-refractivity contribution >= 4 is 32.6 Å². The highest BCUT2D eigenvalue weighted by Crippen LogP contribution is 2.28. The van der Waals surface area contributed by atoms with Crippen LogP contribution in [0.1, 0.15) is 51.4 Å². The lowest BCUT2D eigenvalue weighted by Crippen LogP contribution is -2.45. The Bertz CT molecular complexity index is 668. The second kappa shape index (κ2) is 5.30. The third kappa shape index (κ3) is 4.17. The molecule has 0 bridgehead atoms. The Labute approximate surface area is 129 Å². The van der Waals surface area contributed by atoms with Crippen LogP contribution in [0.3, 0.4) is 0 Å². The van der Waals surface area contributed by atoms with Crippen molar-refractivity contribution < 1.29 is 4.79 Å². The zero-order valence-electron chi connectivity index (χ0n) is 13.3. The van der Waals surface area contributed by atoms with Crippen molar-refractivity contribution in [3.8, 4) is 0 Å². The number of rotatable bonds is 3. The summed E-state index contributed by atoms with van der Waals surface area (Å²) in [5.41, 5.74) is 7.08. The van der Waals surface area contributed by atoms with Gasteiger partial charge < -0.3 is 11.1 Å². The molecule has 0 aliphatic rings. The Morgan fingerprint density at radius 1 is 1.29 bits per heavy atom. The molecular formula is C16H23N3OS. The maximum absolute atomic E-state index is 12.4. The second-order valence-electron chi connectivity index (χ2n) is 7.31. The van der Waals surface area contributed by atoms with E-state index in [1.165, 1.54) is 11.3 Å². The zero-order valence-corrected chi connectivity index (χ0v) is 14.1. The largest absolute Gasteiger partial charge is 0.375 e. The average molecular weight is 305 g/mol. The molecule has 5 heteroatoms. The molecule has 0 saturated heterocycles. The third-order valence-electron chi connectivity index (χ3n) is 3.09. The molecule has 2 aromatic rings. The first-order valence-electron chi connectivity index (χ1n) is 7.04. The van der Waals surface area contributed by atoms with Gasteiger partial charge in [0.2, 0.25) is 0 Å². The molecule has 1 aromatic carbocycles. The lowest BCUT2D eigenvalue weighted by atomic mass is 9.81. The molecule has 2 rings (SSSR count). The van der Waals surface area contributed by atoms with E-state index in [0.29, 0.717) is 10.7 Å². The highest BCUT2D eigenvalue weighted by atomic mass is 32.1. The molecule has 21 heavy (non-hydrogen) atoms. The van der Waals surface area contributed by atoms with E-state index in [4.69, 9.17) is 5.73 Å². The number of carbonyl (C=O) groups is 1. The molecule has 1 amide bonds. The summed E-state index contributed by atoms with van der Waals surface area (Å²) in [5, 5.41) is 3.64. The first-order valence-corrected chi connectivity index (χ1v) is 7.86. The van der Waals surface area contributed by atoms with Crippen LogP contribution in [0.25, 0.3) is 10.2 Å². The summed E-state index contributed by atoms with van der Waals surface area (Å²) in [6.45, 7) is 10.6. The Morgan fingerprint density at radius 3 is 2.57 bits per heavy atom. The molecule has 0 unspecified atom stereocenters. The van der Waals surface area contributed by atoms with Crippen LogP contribution >= 0.6 is 11.3 Å². The third-order valence-corrected chi connectivity index (χ3v) is 3.94. The Morgan fingerprint density at radius 2 is 1.95 bits per heavy atom. The molecule has 0 fully saturated rings. The van der Waals surface area contributed by atoms with E-state index < -0.39 is 0 Å². The smallest absolute Gasteiger partial charge is 0.251 e. The normalized spacial score (nSPS) is 12.6. The van der Waals surface area contributed by atoms with E-state index in [1.54, 1.807) is 6.07 Å². The van der Waals surface area contributed by atoms with Gasteiger partial charge in [0.15, 0.2) is 5.13 Å². The number of hydrogen-bond acceptors (Lipinski definition) is 4. The predicted octanol–water partition coefficient (Wildman–Crippen LogP) is 3.82. The van der Waals surface area contributed by atoms with Crippen LogP contribution in [-0.4, -0.2) is 16.4 Å². The van der Waals surface area contributed by atoms with Crippen molar-refractivity contribution in [3.05, 3.63) is 23.8 Å². The van der Waals surface area contributed by atoms with Gasteiger partial charge in [-0.25, -0.2) is 4.98 Å². The van der Waals surface area contributed by atoms with Gasteiger partial charge in [0.25, 0.3) is 5.91 Å². The van der Waals surface area contributed by atoms with Gasteiger partial charge in [0.05, 0.1) is 10.2 Å². The molecule has 0 radical (unpaired) electrons. The SMILES string of the molecule is CC(C)(C)CC(C)(C)NC(=O)c1ccc2nc(N)sc2c1. The highest BCUT2D eigenvalue weighted by molar-refractivity contribution is 7.22. The van der Waals surface area contributed by atoms with Crippen LogP contribution in [-0.2, 0) is 0 Å². The molecule has 114 valence electrons. The summed E-state index contributed by atoms with van der Waals surface area (Å²) in [5.74, 6) is -0.0573. The van der Waals surface area contributed by atoms with Crippen molar-refractivity contribution in [2.75, 3.05) is 5.73 Å². The van der Waals surface area contributed by atoms with E-state index in [-0.39, 0.29) is 16.9 Å². The number of benzene rings is 1. The number of fused-ring (bicyclic) bond motifs is 1. The summed E-state index contributed by atoms with van der Waals surface area (Å²) in [6.07, 6.45) is 0.904. The van der Waals surface area contributed by atoms with Crippen LogP contribution in [0.4, 0.5) is 5.13 Å². The predicted molar refractivity (Wildman–Crippen MR) is 89.6 cm³/mol. The van der Waals surface area contributed by atoms with Crippen LogP contribution < -0.4 is 11.1 Å². The molecule has 1 aromatic heterocycles. The van der Waals surface area contributed by atoms with E-state index in [9.17, 15) is 4.79 Å². The minimum atomic E-state index is -0.253. The van der Waals surface area contributed by atoms with Gasteiger partial charge in [0.1, 0.15) is 0 Å². The fourth-order valence-corrected chi connectivity index (χ4v) is 3.61. The number of nitrogens with one attached hydrogen (secondary N) is 1.